The second-order valence-corrected chi connectivity index (χ2v) is 4.13. The number of benzene rings is 2. The zero-order chi connectivity index (χ0) is 15.1. The molecule has 21 heavy (non-hydrogen) atoms. The third-order valence-electron chi connectivity index (χ3n) is 2.44. The van der Waals surface area contributed by atoms with Crippen LogP contribution < -0.4 is 10.2 Å². The molecule has 5 nitrogen and oxygen atoms in total. The minimum absolute atomic E-state index is 0.111. The Morgan fingerprint density at radius 1 is 1.29 bits per heavy atom. The molecule has 0 unspecified atom stereocenters. The second-order valence-electron chi connectivity index (χ2n) is 4.13. The number of phenolic OH excluding ortho intramolecular Hbond substituents is 1. The van der Waals surface area contributed by atoms with Crippen LogP contribution in [0, 0.1) is 5.82 Å². The summed E-state index contributed by atoms with van der Waals surface area (Å²) >= 11 is 0. The van der Waals surface area contributed by atoms with Gasteiger partial charge in [-0.05, 0) is 29.8 Å². The van der Waals surface area contributed by atoms with Crippen molar-refractivity contribution in [3.63, 3.8) is 0 Å². The molecule has 108 valence electrons. The molecule has 0 spiro atoms. The second kappa shape index (κ2) is 7.04. The van der Waals surface area contributed by atoms with E-state index in [2.05, 4.69) is 10.5 Å². The van der Waals surface area contributed by atoms with Crippen LogP contribution in [0.1, 0.15) is 5.56 Å². The number of hydrogen-bond acceptors (Lipinski definition) is 4. The Labute approximate surface area is 120 Å². The quantitative estimate of drug-likeness (QED) is 0.653. The van der Waals surface area contributed by atoms with E-state index in [1.807, 2.05) is 0 Å². The molecule has 0 aliphatic carbocycles. The summed E-state index contributed by atoms with van der Waals surface area (Å²) in [5.74, 6) is -0.535. The molecule has 0 saturated carbocycles. The number of phenols is 1. The SMILES string of the molecule is O=C(COc1cccc(F)c1)N/N=C\c1cccc(O)c1. The molecule has 2 aromatic rings. The maximum absolute atomic E-state index is 12.9. The summed E-state index contributed by atoms with van der Waals surface area (Å²) in [6.07, 6.45) is 1.39. The molecular formula is C15H13FN2O3. The van der Waals surface area contributed by atoms with Gasteiger partial charge >= 0.3 is 0 Å². The van der Waals surface area contributed by atoms with Crippen LogP contribution in [0.5, 0.6) is 11.5 Å². The predicted octanol–water partition coefficient (Wildman–Crippen LogP) is 2.06. The van der Waals surface area contributed by atoms with Crippen LogP contribution in [-0.4, -0.2) is 23.8 Å². The molecule has 0 radical (unpaired) electrons. The van der Waals surface area contributed by atoms with Gasteiger partial charge in [0.05, 0.1) is 6.21 Å². The first-order chi connectivity index (χ1) is 10.1. The van der Waals surface area contributed by atoms with Crippen molar-refractivity contribution in [3.05, 3.63) is 59.9 Å². The van der Waals surface area contributed by atoms with E-state index in [1.165, 1.54) is 36.5 Å². The van der Waals surface area contributed by atoms with Gasteiger partial charge in [0.1, 0.15) is 17.3 Å². The Balaban J connectivity index is 1.80. The van der Waals surface area contributed by atoms with Crippen molar-refractivity contribution < 1.29 is 19.0 Å². The average molecular weight is 288 g/mol. The standard InChI is InChI=1S/C15H13FN2O3/c16-12-4-2-6-14(8-12)21-10-15(20)18-17-9-11-3-1-5-13(19)7-11/h1-9,19H,10H2,(H,18,20)/b17-9-. The average Bonchev–Trinajstić information content (AvgIpc) is 2.45. The Morgan fingerprint density at radius 3 is 2.86 bits per heavy atom. The molecule has 2 rings (SSSR count). The minimum Gasteiger partial charge on any atom is -0.508 e. The fourth-order valence-electron chi connectivity index (χ4n) is 1.52. The van der Waals surface area contributed by atoms with Crippen molar-refractivity contribution in [1.29, 1.82) is 0 Å². The largest absolute Gasteiger partial charge is 0.508 e. The maximum atomic E-state index is 12.9. The molecule has 1 amide bonds. The van der Waals surface area contributed by atoms with Gasteiger partial charge in [-0.1, -0.05) is 18.2 Å². The Morgan fingerprint density at radius 2 is 2.10 bits per heavy atom. The van der Waals surface area contributed by atoms with Crippen molar-refractivity contribution in [3.8, 4) is 11.5 Å². The fourth-order valence-corrected chi connectivity index (χ4v) is 1.52. The summed E-state index contributed by atoms with van der Waals surface area (Å²) in [6.45, 7) is -0.277. The number of amides is 1. The lowest BCUT2D eigenvalue weighted by molar-refractivity contribution is -0.123. The number of carbonyl (C=O) groups is 1. The summed E-state index contributed by atoms with van der Waals surface area (Å²) in [6, 6.07) is 11.9. The minimum atomic E-state index is -0.476. The first-order valence-electron chi connectivity index (χ1n) is 6.13. The lowest BCUT2D eigenvalue weighted by atomic mass is 10.2. The van der Waals surface area contributed by atoms with Gasteiger partial charge in [0, 0.05) is 6.07 Å². The number of nitrogens with one attached hydrogen (secondary N) is 1. The molecule has 0 aliphatic heterocycles. The highest BCUT2D eigenvalue weighted by Crippen LogP contribution is 2.11. The number of rotatable bonds is 5. The van der Waals surface area contributed by atoms with Gasteiger partial charge in [0.15, 0.2) is 6.61 Å². The number of nitrogens with zero attached hydrogens (tertiary/aromatic N) is 1. The van der Waals surface area contributed by atoms with E-state index in [9.17, 15) is 14.3 Å². The number of aromatic hydroxyl groups is 1. The first-order valence-corrected chi connectivity index (χ1v) is 6.13. The highest BCUT2D eigenvalue weighted by atomic mass is 19.1. The molecule has 2 N–H and O–H groups in total. The van der Waals surface area contributed by atoms with Gasteiger partial charge in [0.2, 0.25) is 0 Å². The zero-order valence-electron chi connectivity index (χ0n) is 11.0. The molecule has 2 aromatic carbocycles. The zero-order valence-corrected chi connectivity index (χ0v) is 11.0. The Hall–Kier alpha value is -2.89. The van der Waals surface area contributed by atoms with E-state index in [0.29, 0.717) is 5.56 Å². The topological polar surface area (TPSA) is 70.9 Å². The summed E-state index contributed by atoms with van der Waals surface area (Å²) < 4.78 is 18.0. The number of halogens is 1. The summed E-state index contributed by atoms with van der Waals surface area (Å²) in [5.41, 5.74) is 2.91. The highest BCUT2D eigenvalue weighted by molar-refractivity contribution is 5.83. The van der Waals surface area contributed by atoms with Gasteiger partial charge < -0.3 is 9.84 Å². The predicted molar refractivity (Wildman–Crippen MR) is 75.7 cm³/mol. The van der Waals surface area contributed by atoms with E-state index in [1.54, 1.807) is 18.2 Å². The monoisotopic (exact) mass is 288 g/mol. The van der Waals surface area contributed by atoms with Crippen molar-refractivity contribution in [2.45, 2.75) is 0 Å². The number of hydrogen-bond donors (Lipinski definition) is 2. The van der Waals surface area contributed by atoms with Crippen molar-refractivity contribution >= 4 is 12.1 Å². The summed E-state index contributed by atoms with van der Waals surface area (Å²) in [5, 5.41) is 13.0. The van der Waals surface area contributed by atoms with Crippen LogP contribution in [0.25, 0.3) is 0 Å². The molecule has 0 fully saturated rings. The lowest BCUT2D eigenvalue weighted by Crippen LogP contribution is -2.24. The number of carbonyl (C=O) groups excluding carboxylic acids is 1. The van der Waals surface area contributed by atoms with Crippen LogP contribution in [0.4, 0.5) is 4.39 Å². The Bertz CT molecular complexity index is 659. The van der Waals surface area contributed by atoms with Crippen LogP contribution >= 0.6 is 0 Å². The van der Waals surface area contributed by atoms with Crippen LogP contribution in [0.2, 0.25) is 0 Å². The molecule has 0 bridgehead atoms. The lowest BCUT2D eigenvalue weighted by Gasteiger charge is -2.04. The molecule has 0 aliphatic rings. The third-order valence-corrected chi connectivity index (χ3v) is 2.44. The molecule has 0 aromatic heterocycles. The molecule has 0 atom stereocenters. The van der Waals surface area contributed by atoms with Crippen LogP contribution in [0.3, 0.4) is 0 Å². The fraction of sp³-hybridized carbons (Fsp3) is 0.0667. The highest BCUT2D eigenvalue weighted by Gasteiger charge is 2.02. The molecular weight excluding hydrogens is 275 g/mol. The van der Waals surface area contributed by atoms with Gasteiger partial charge in [-0.25, -0.2) is 9.82 Å². The van der Waals surface area contributed by atoms with E-state index >= 15 is 0 Å². The molecule has 6 heteroatoms. The van der Waals surface area contributed by atoms with Gasteiger partial charge in [0.25, 0.3) is 5.91 Å². The Kier molecular flexibility index (Phi) is 4.87. The van der Waals surface area contributed by atoms with Crippen molar-refractivity contribution in [1.82, 2.24) is 5.43 Å². The summed E-state index contributed by atoms with van der Waals surface area (Å²) in [7, 11) is 0. The van der Waals surface area contributed by atoms with Gasteiger partial charge in [-0.15, -0.1) is 0 Å². The van der Waals surface area contributed by atoms with Crippen LogP contribution in [-0.2, 0) is 4.79 Å². The van der Waals surface area contributed by atoms with Crippen molar-refractivity contribution in [2.75, 3.05) is 6.61 Å². The van der Waals surface area contributed by atoms with Gasteiger partial charge in [-0.3, -0.25) is 4.79 Å². The molecule has 0 saturated heterocycles. The normalized spacial score (nSPS) is 10.5. The van der Waals surface area contributed by atoms with E-state index in [-0.39, 0.29) is 18.1 Å². The van der Waals surface area contributed by atoms with Crippen LogP contribution in [0.15, 0.2) is 53.6 Å². The van der Waals surface area contributed by atoms with Gasteiger partial charge in [-0.2, -0.15) is 5.10 Å². The van der Waals surface area contributed by atoms with E-state index in [0.717, 1.165) is 0 Å². The third kappa shape index (κ3) is 4.94. The summed E-state index contributed by atoms with van der Waals surface area (Å²) in [4.78, 5) is 11.5. The van der Waals surface area contributed by atoms with E-state index < -0.39 is 11.7 Å². The number of hydrazone groups is 1. The molecule has 0 heterocycles. The smallest absolute Gasteiger partial charge is 0.277 e. The van der Waals surface area contributed by atoms with Crippen molar-refractivity contribution in [2.24, 2.45) is 5.10 Å². The number of ether oxygens (including phenoxy) is 1. The maximum Gasteiger partial charge on any atom is 0.277 e. The van der Waals surface area contributed by atoms with E-state index in [4.69, 9.17) is 4.74 Å². The first kappa shape index (κ1) is 14.5.